The molecule has 2 atom stereocenters. The van der Waals surface area contributed by atoms with E-state index < -0.39 is 0 Å². The van der Waals surface area contributed by atoms with Gasteiger partial charge in [0.1, 0.15) is 11.8 Å². The monoisotopic (exact) mass is 270 g/mol. The Morgan fingerprint density at radius 1 is 1.45 bits per heavy atom. The summed E-state index contributed by atoms with van der Waals surface area (Å²) in [6.07, 6.45) is 4.69. The maximum absolute atomic E-state index is 9.20. The van der Waals surface area contributed by atoms with Crippen molar-refractivity contribution in [2.75, 3.05) is 19.0 Å². The van der Waals surface area contributed by atoms with Crippen LogP contribution in [-0.4, -0.2) is 13.7 Å². The first kappa shape index (κ1) is 14.5. The number of hydrogen-bond donors (Lipinski definition) is 1. The molecule has 1 aromatic carbocycles. The molecule has 0 heterocycles. The SMILES string of the molecule is COc1cccc(C#N)c1NCC1CC(C)=CC(C)C1. The Morgan fingerprint density at radius 3 is 2.90 bits per heavy atom. The predicted octanol–water partition coefficient (Wildman–Crippen LogP) is 3.97. The zero-order chi connectivity index (χ0) is 14.5. The molecule has 3 nitrogen and oxygen atoms in total. The van der Waals surface area contributed by atoms with Crippen LogP contribution in [0.25, 0.3) is 0 Å². The lowest BCUT2D eigenvalue weighted by Crippen LogP contribution is -2.20. The maximum atomic E-state index is 9.20. The van der Waals surface area contributed by atoms with Gasteiger partial charge in [-0.05, 0) is 43.7 Å². The first-order valence-corrected chi connectivity index (χ1v) is 7.12. The fourth-order valence-corrected chi connectivity index (χ4v) is 3.06. The van der Waals surface area contributed by atoms with Crippen LogP contribution in [0.1, 0.15) is 32.3 Å². The van der Waals surface area contributed by atoms with Crippen molar-refractivity contribution in [3.63, 3.8) is 0 Å². The molecule has 20 heavy (non-hydrogen) atoms. The summed E-state index contributed by atoms with van der Waals surface area (Å²) in [7, 11) is 1.64. The number of rotatable bonds is 4. The van der Waals surface area contributed by atoms with Gasteiger partial charge in [-0.15, -0.1) is 0 Å². The number of benzene rings is 1. The lowest BCUT2D eigenvalue weighted by molar-refractivity contribution is 0.410. The number of allylic oxidation sites excluding steroid dienone is 2. The summed E-state index contributed by atoms with van der Waals surface area (Å²) < 4.78 is 5.34. The molecule has 0 spiro atoms. The van der Waals surface area contributed by atoms with Crippen molar-refractivity contribution in [1.82, 2.24) is 0 Å². The average molecular weight is 270 g/mol. The van der Waals surface area contributed by atoms with Gasteiger partial charge < -0.3 is 10.1 Å². The zero-order valence-electron chi connectivity index (χ0n) is 12.4. The number of ether oxygens (including phenoxy) is 1. The molecular formula is C17H22N2O. The Labute approximate surface area is 121 Å². The second kappa shape index (κ2) is 6.47. The number of nitrogens with one attached hydrogen (secondary N) is 1. The van der Waals surface area contributed by atoms with Crippen molar-refractivity contribution in [1.29, 1.82) is 5.26 Å². The molecule has 0 fully saturated rings. The van der Waals surface area contributed by atoms with E-state index in [1.165, 1.54) is 12.0 Å². The van der Waals surface area contributed by atoms with E-state index in [9.17, 15) is 5.26 Å². The van der Waals surface area contributed by atoms with E-state index in [0.29, 0.717) is 17.4 Å². The van der Waals surface area contributed by atoms with Gasteiger partial charge in [0, 0.05) is 6.54 Å². The normalized spacial score (nSPS) is 21.8. The minimum atomic E-state index is 0.617. The lowest BCUT2D eigenvalue weighted by Gasteiger charge is -2.26. The van der Waals surface area contributed by atoms with Gasteiger partial charge in [0.05, 0.1) is 18.4 Å². The van der Waals surface area contributed by atoms with Crippen LogP contribution < -0.4 is 10.1 Å². The maximum Gasteiger partial charge on any atom is 0.143 e. The number of methoxy groups -OCH3 is 1. The van der Waals surface area contributed by atoms with E-state index in [2.05, 4.69) is 31.3 Å². The lowest BCUT2D eigenvalue weighted by atomic mass is 9.83. The van der Waals surface area contributed by atoms with E-state index >= 15 is 0 Å². The van der Waals surface area contributed by atoms with Crippen LogP contribution in [0, 0.1) is 23.2 Å². The Balaban J connectivity index is 2.08. The fraction of sp³-hybridized carbons (Fsp3) is 0.471. The number of hydrogen-bond acceptors (Lipinski definition) is 3. The van der Waals surface area contributed by atoms with Crippen molar-refractivity contribution in [3.8, 4) is 11.8 Å². The van der Waals surface area contributed by atoms with Crippen LogP contribution in [-0.2, 0) is 0 Å². The summed E-state index contributed by atoms with van der Waals surface area (Å²) in [6, 6.07) is 7.77. The minimum Gasteiger partial charge on any atom is -0.495 e. The highest BCUT2D eigenvalue weighted by Crippen LogP contribution is 2.31. The highest BCUT2D eigenvalue weighted by molar-refractivity contribution is 5.66. The Bertz CT molecular complexity index is 542. The highest BCUT2D eigenvalue weighted by Gasteiger charge is 2.19. The topological polar surface area (TPSA) is 45.0 Å². The first-order valence-electron chi connectivity index (χ1n) is 7.12. The van der Waals surface area contributed by atoms with Gasteiger partial charge in [-0.25, -0.2) is 0 Å². The van der Waals surface area contributed by atoms with Crippen molar-refractivity contribution in [2.24, 2.45) is 11.8 Å². The Morgan fingerprint density at radius 2 is 2.25 bits per heavy atom. The van der Waals surface area contributed by atoms with Gasteiger partial charge in [-0.3, -0.25) is 0 Å². The smallest absolute Gasteiger partial charge is 0.143 e. The molecule has 1 aliphatic rings. The first-order chi connectivity index (χ1) is 9.63. The number of nitrogens with zero attached hydrogens (tertiary/aromatic N) is 1. The standard InChI is InChI=1S/C17H22N2O/c1-12-7-13(2)9-14(8-12)11-19-17-15(10-18)5-4-6-16(17)20-3/h4-7,12,14,19H,8-9,11H2,1-3H3. The van der Waals surface area contributed by atoms with Gasteiger partial charge in [-0.2, -0.15) is 5.26 Å². The molecule has 0 saturated heterocycles. The molecular weight excluding hydrogens is 248 g/mol. The molecule has 0 aliphatic heterocycles. The number of nitriles is 1. The predicted molar refractivity (Wildman–Crippen MR) is 81.8 cm³/mol. The molecule has 1 N–H and O–H groups in total. The molecule has 106 valence electrons. The summed E-state index contributed by atoms with van der Waals surface area (Å²) in [4.78, 5) is 0. The molecule has 1 aromatic rings. The van der Waals surface area contributed by atoms with Crippen LogP contribution in [0.15, 0.2) is 29.8 Å². The average Bonchev–Trinajstić information content (AvgIpc) is 2.43. The summed E-state index contributed by atoms with van der Waals surface area (Å²) in [5, 5.41) is 12.6. The Hall–Kier alpha value is -1.95. The summed E-state index contributed by atoms with van der Waals surface area (Å²) in [5.41, 5.74) is 2.92. The quantitative estimate of drug-likeness (QED) is 0.842. The molecule has 1 aliphatic carbocycles. The summed E-state index contributed by atoms with van der Waals surface area (Å²) >= 11 is 0. The summed E-state index contributed by atoms with van der Waals surface area (Å²) in [6.45, 7) is 5.34. The summed E-state index contributed by atoms with van der Waals surface area (Å²) in [5.74, 6) is 2.00. The van der Waals surface area contributed by atoms with Gasteiger partial charge >= 0.3 is 0 Å². The van der Waals surface area contributed by atoms with Crippen molar-refractivity contribution < 1.29 is 4.74 Å². The van der Waals surface area contributed by atoms with E-state index in [-0.39, 0.29) is 0 Å². The van der Waals surface area contributed by atoms with Crippen molar-refractivity contribution >= 4 is 5.69 Å². The van der Waals surface area contributed by atoms with Crippen molar-refractivity contribution in [3.05, 3.63) is 35.4 Å². The second-order valence-corrected chi connectivity index (χ2v) is 5.67. The van der Waals surface area contributed by atoms with Crippen LogP contribution in [0.2, 0.25) is 0 Å². The van der Waals surface area contributed by atoms with Crippen LogP contribution in [0.4, 0.5) is 5.69 Å². The van der Waals surface area contributed by atoms with Crippen LogP contribution >= 0.6 is 0 Å². The van der Waals surface area contributed by atoms with Gasteiger partial charge in [-0.1, -0.05) is 24.6 Å². The third-order valence-electron chi connectivity index (χ3n) is 3.82. The van der Waals surface area contributed by atoms with E-state index in [4.69, 9.17) is 4.74 Å². The van der Waals surface area contributed by atoms with Crippen LogP contribution in [0.5, 0.6) is 5.75 Å². The molecule has 2 unspecified atom stereocenters. The molecule has 0 amide bonds. The molecule has 0 bridgehead atoms. The number of para-hydroxylation sites is 1. The Kier molecular flexibility index (Phi) is 4.68. The molecule has 0 aromatic heterocycles. The third-order valence-corrected chi connectivity index (χ3v) is 3.82. The molecule has 2 rings (SSSR count). The van der Waals surface area contributed by atoms with Gasteiger partial charge in [0.15, 0.2) is 0 Å². The van der Waals surface area contributed by atoms with E-state index in [1.807, 2.05) is 18.2 Å². The minimum absolute atomic E-state index is 0.617. The highest BCUT2D eigenvalue weighted by atomic mass is 16.5. The molecule has 0 radical (unpaired) electrons. The zero-order valence-corrected chi connectivity index (χ0v) is 12.4. The third kappa shape index (κ3) is 3.33. The second-order valence-electron chi connectivity index (χ2n) is 5.67. The van der Waals surface area contributed by atoms with Gasteiger partial charge in [0.2, 0.25) is 0 Å². The van der Waals surface area contributed by atoms with E-state index in [0.717, 1.165) is 24.4 Å². The fourth-order valence-electron chi connectivity index (χ4n) is 3.06. The molecule has 0 saturated carbocycles. The van der Waals surface area contributed by atoms with Crippen molar-refractivity contribution in [2.45, 2.75) is 26.7 Å². The number of anilines is 1. The largest absolute Gasteiger partial charge is 0.495 e. The van der Waals surface area contributed by atoms with Gasteiger partial charge in [0.25, 0.3) is 0 Å². The molecule has 3 heteroatoms. The van der Waals surface area contributed by atoms with Crippen LogP contribution in [0.3, 0.4) is 0 Å². The van der Waals surface area contributed by atoms with E-state index in [1.54, 1.807) is 7.11 Å².